The number of furan rings is 1. The number of rotatable bonds is 7. The lowest BCUT2D eigenvalue weighted by molar-refractivity contribution is -0.119. The molecule has 0 radical (unpaired) electrons. The number of thioether (sulfide) groups is 1. The molecule has 6 nitrogen and oxygen atoms in total. The topological polar surface area (TPSA) is 73.0 Å². The lowest BCUT2D eigenvalue weighted by Gasteiger charge is -2.13. The summed E-state index contributed by atoms with van der Waals surface area (Å²) < 4.78 is 34.8. The highest BCUT2D eigenvalue weighted by Crippen LogP contribution is 2.29. The zero-order valence-corrected chi connectivity index (χ0v) is 17.3. The highest BCUT2D eigenvalue weighted by molar-refractivity contribution is 7.99. The van der Waals surface area contributed by atoms with Crippen molar-refractivity contribution < 1.29 is 18.0 Å². The molecule has 1 atom stereocenters. The van der Waals surface area contributed by atoms with Crippen LogP contribution in [0, 0.1) is 11.6 Å². The molecular weight excluding hydrogens is 422 g/mol. The Morgan fingerprint density at radius 3 is 2.65 bits per heavy atom. The lowest BCUT2D eigenvalue weighted by atomic mass is 10.2. The second-order valence-electron chi connectivity index (χ2n) is 6.70. The molecule has 0 aliphatic carbocycles. The van der Waals surface area contributed by atoms with Crippen molar-refractivity contribution in [3.8, 4) is 17.1 Å². The van der Waals surface area contributed by atoms with Gasteiger partial charge < -0.3 is 9.73 Å². The van der Waals surface area contributed by atoms with E-state index >= 15 is 0 Å². The van der Waals surface area contributed by atoms with Gasteiger partial charge in [-0.2, -0.15) is 0 Å². The summed E-state index contributed by atoms with van der Waals surface area (Å²) in [5, 5.41) is 11.5. The number of hydrogen-bond donors (Lipinski definition) is 1. The van der Waals surface area contributed by atoms with Gasteiger partial charge in [-0.25, -0.2) is 8.78 Å². The van der Waals surface area contributed by atoms with E-state index in [1.54, 1.807) is 12.1 Å². The van der Waals surface area contributed by atoms with Crippen molar-refractivity contribution in [2.75, 3.05) is 5.75 Å². The molecule has 0 spiro atoms. The summed E-state index contributed by atoms with van der Waals surface area (Å²) in [6, 6.07) is 15.6. The molecule has 0 bridgehead atoms. The monoisotopic (exact) mass is 440 g/mol. The predicted octanol–water partition coefficient (Wildman–Crippen LogP) is 4.78. The van der Waals surface area contributed by atoms with Crippen molar-refractivity contribution in [3.63, 3.8) is 0 Å². The number of carbonyl (C=O) groups is 1. The molecule has 4 aromatic rings. The molecule has 2 aromatic carbocycles. The first kappa shape index (κ1) is 20.8. The van der Waals surface area contributed by atoms with Crippen LogP contribution in [0.25, 0.3) is 17.1 Å². The highest BCUT2D eigenvalue weighted by atomic mass is 32.2. The maximum absolute atomic E-state index is 14.6. The summed E-state index contributed by atoms with van der Waals surface area (Å²) in [5.41, 5.74) is 0.804. The number of carbonyl (C=O) groups excluding carboxylic acids is 1. The van der Waals surface area contributed by atoms with Gasteiger partial charge >= 0.3 is 0 Å². The minimum absolute atomic E-state index is 0.0286. The standard InChI is InChI=1S/C22H18F2N4O2S/c1-14(19-8-5-11-30-19)25-20(29)13-31-22-27-26-21(15-6-3-2-4-7-15)28(22)18-10-9-16(23)12-17(18)24/h2-12,14H,13H2,1H3,(H,25,29). The normalized spacial score (nSPS) is 12.0. The van der Waals surface area contributed by atoms with Crippen LogP contribution in [0.3, 0.4) is 0 Å². The summed E-state index contributed by atoms with van der Waals surface area (Å²) in [6.45, 7) is 1.81. The Balaban J connectivity index is 1.60. The lowest BCUT2D eigenvalue weighted by Crippen LogP contribution is -2.28. The fourth-order valence-corrected chi connectivity index (χ4v) is 3.80. The number of hydrogen-bond acceptors (Lipinski definition) is 5. The van der Waals surface area contributed by atoms with E-state index in [1.807, 2.05) is 37.3 Å². The Kier molecular flexibility index (Phi) is 6.13. The quantitative estimate of drug-likeness (QED) is 0.419. The number of benzene rings is 2. The first-order chi connectivity index (χ1) is 15.0. The Morgan fingerprint density at radius 2 is 1.94 bits per heavy atom. The second kappa shape index (κ2) is 9.13. The number of aromatic nitrogens is 3. The summed E-state index contributed by atoms with van der Waals surface area (Å²) in [4.78, 5) is 12.4. The SMILES string of the molecule is CC(NC(=O)CSc1nnc(-c2ccccc2)n1-c1ccc(F)cc1F)c1ccco1. The zero-order chi connectivity index (χ0) is 21.8. The molecule has 0 aliphatic rings. The number of amides is 1. The Bertz CT molecular complexity index is 1180. The smallest absolute Gasteiger partial charge is 0.231 e. The van der Waals surface area contributed by atoms with Crippen molar-refractivity contribution in [3.05, 3.63) is 84.3 Å². The van der Waals surface area contributed by atoms with Crippen LogP contribution in [-0.2, 0) is 4.79 Å². The van der Waals surface area contributed by atoms with E-state index < -0.39 is 11.6 Å². The molecule has 0 saturated carbocycles. The maximum atomic E-state index is 14.6. The summed E-state index contributed by atoms with van der Waals surface area (Å²) in [5.74, 6) is -0.629. The van der Waals surface area contributed by atoms with Gasteiger partial charge in [-0.1, -0.05) is 42.1 Å². The molecule has 0 fully saturated rings. The predicted molar refractivity (Wildman–Crippen MR) is 113 cm³/mol. The molecule has 4 rings (SSSR count). The van der Waals surface area contributed by atoms with E-state index in [2.05, 4.69) is 15.5 Å². The van der Waals surface area contributed by atoms with E-state index in [1.165, 1.54) is 23.0 Å². The van der Waals surface area contributed by atoms with Crippen LogP contribution >= 0.6 is 11.8 Å². The van der Waals surface area contributed by atoms with Gasteiger partial charge in [0.25, 0.3) is 0 Å². The van der Waals surface area contributed by atoms with Crippen LogP contribution in [0.4, 0.5) is 8.78 Å². The van der Waals surface area contributed by atoms with Gasteiger partial charge in [0.05, 0.1) is 23.7 Å². The molecule has 1 N–H and O–H groups in total. The van der Waals surface area contributed by atoms with Crippen LogP contribution in [0.1, 0.15) is 18.7 Å². The number of nitrogens with zero attached hydrogens (tertiary/aromatic N) is 3. The van der Waals surface area contributed by atoms with Gasteiger partial charge in [0.2, 0.25) is 5.91 Å². The zero-order valence-electron chi connectivity index (χ0n) is 16.5. The van der Waals surface area contributed by atoms with Crippen molar-refractivity contribution in [1.29, 1.82) is 0 Å². The maximum Gasteiger partial charge on any atom is 0.231 e. The van der Waals surface area contributed by atoms with Crippen molar-refractivity contribution in [2.45, 2.75) is 18.1 Å². The summed E-state index contributed by atoms with van der Waals surface area (Å²) in [7, 11) is 0. The molecule has 1 unspecified atom stereocenters. The van der Waals surface area contributed by atoms with E-state index in [0.717, 1.165) is 17.8 Å². The number of nitrogens with one attached hydrogen (secondary N) is 1. The minimum Gasteiger partial charge on any atom is -0.467 e. The van der Waals surface area contributed by atoms with Gasteiger partial charge in [-0.15, -0.1) is 10.2 Å². The van der Waals surface area contributed by atoms with Crippen LogP contribution in [0.5, 0.6) is 0 Å². The Morgan fingerprint density at radius 1 is 1.13 bits per heavy atom. The highest BCUT2D eigenvalue weighted by Gasteiger charge is 2.20. The molecule has 1 amide bonds. The fraction of sp³-hybridized carbons (Fsp3) is 0.136. The molecule has 9 heteroatoms. The third-order valence-electron chi connectivity index (χ3n) is 4.50. The van der Waals surface area contributed by atoms with E-state index in [-0.39, 0.29) is 23.4 Å². The van der Waals surface area contributed by atoms with E-state index in [0.29, 0.717) is 22.3 Å². The number of halogens is 2. The largest absolute Gasteiger partial charge is 0.467 e. The van der Waals surface area contributed by atoms with E-state index in [9.17, 15) is 13.6 Å². The van der Waals surface area contributed by atoms with Crippen molar-refractivity contribution >= 4 is 17.7 Å². The van der Waals surface area contributed by atoms with Gasteiger partial charge in [-0.05, 0) is 31.2 Å². The second-order valence-corrected chi connectivity index (χ2v) is 7.64. The Labute approximate surface area is 181 Å². The van der Waals surface area contributed by atoms with Crippen LogP contribution in [0.15, 0.2) is 76.5 Å². The van der Waals surface area contributed by atoms with Gasteiger partial charge in [0, 0.05) is 11.6 Å². The van der Waals surface area contributed by atoms with Crippen LogP contribution < -0.4 is 5.32 Å². The van der Waals surface area contributed by atoms with E-state index in [4.69, 9.17) is 4.42 Å². The first-order valence-corrected chi connectivity index (χ1v) is 10.4. The molecule has 158 valence electrons. The molecule has 0 saturated heterocycles. The average molecular weight is 440 g/mol. The van der Waals surface area contributed by atoms with Crippen molar-refractivity contribution in [2.24, 2.45) is 0 Å². The molecule has 2 heterocycles. The molecule has 2 aromatic heterocycles. The Hall–Kier alpha value is -3.46. The molecule has 31 heavy (non-hydrogen) atoms. The van der Waals surface area contributed by atoms with Crippen LogP contribution in [0.2, 0.25) is 0 Å². The fourth-order valence-electron chi connectivity index (χ4n) is 3.04. The molecular formula is C22H18F2N4O2S. The summed E-state index contributed by atoms with van der Waals surface area (Å²) in [6.07, 6.45) is 1.54. The minimum atomic E-state index is -0.755. The first-order valence-electron chi connectivity index (χ1n) is 9.45. The average Bonchev–Trinajstić information content (AvgIpc) is 3.43. The van der Waals surface area contributed by atoms with Crippen LogP contribution in [-0.4, -0.2) is 26.4 Å². The van der Waals surface area contributed by atoms with Gasteiger partial charge in [0.1, 0.15) is 17.4 Å². The third kappa shape index (κ3) is 4.66. The summed E-state index contributed by atoms with van der Waals surface area (Å²) >= 11 is 1.10. The van der Waals surface area contributed by atoms with Gasteiger partial charge in [0.15, 0.2) is 11.0 Å². The van der Waals surface area contributed by atoms with Crippen molar-refractivity contribution in [1.82, 2.24) is 20.1 Å². The van der Waals surface area contributed by atoms with Gasteiger partial charge in [-0.3, -0.25) is 9.36 Å². The third-order valence-corrected chi connectivity index (χ3v) is 5.42. The molecule has 0 aliphatic heterocycles.